The monoisotopic (exact) mass is 236 g/mol. The Balaban J connectivity index is 2.64. The van der Waals surface area contributed by atoms with Crippen molar-refractivity contribution in [2.24, 2.45) is 0 Å². The summed E-state index contributed by atoms with van der Waals surface area (Å²) in [5.41, 5.74) is 0. The Morgan fingerprint density at radius 3 is 2.62 bits per heavy atom. The summed E-state index contributed by atoms with van der Waals surface area (Å²) in [6.45, 7) is 1.88. The zero-order valence-electron chi connectivity index (χ0n) is 7.14. The van der Waals surface area contributed by atoms with Crippen molar-refractivity contribution in [1.82, 2.24) is 0 Å². The standard InChI is InChI=1S/C8H10ClO2PS/c1-2-13-12(9,10)11-8-6-4-3-5-7-8/h3-7H,2H2,1H3. The predicted molar refractivity (Wildman–Crippen MR) is 58.7 cm³/mol. The van der Waals surface area contributed by atoms with Crippen LogP contribution in [0, 0.1) is 0 Å². The van der Waals surface area contributed by atoms with Crippen LogP contribution in [-0.2, 0) is 4.57 Å². The molecule has 13 heavy (non-hydrogen) atoms. The number of hydrogen-bond donors (Lipinski definition) is 0. The molecule has 0 bridgehead atoms. The summed E-state index contributed by atoms with van der Waals surface area (Å²) in [6.07, 6.45) is 0. The van der Waals surface area contributed by atoms with Crippen molar-refractivity contribution in [3.8, 4) is 5.75 Å². The molecule has 2 nitrogen and oxygen atoms in total. The van der Waals surface area contributed by atoms with Gasteiger partial charge in [0.1, 0.15) is 5.75 Å². The Bertz CT molecular complexity index is 304. The molecule has 0 N–H and O–H groups in total. The van der Waals surface area contributed by atoms with Crippen LogP contribution in [0.25, 0.3) is 0 Å². The lowest BCUT2D eigenvalue weighted by Gasteiger charge is -2.10. The van der Waals surface area contributed by atoms with Crippen molar-refractivity contribution in [3.63, 3.8) is 0 Å². The number of hydrogen-bond acceptors (Lipinski definition) is 3. The molecular formula is C8H10ClO2PS. The highest BCUT2D eigenvalue weighted by Crippen LogP contribution is 2.63. The Morgan fingerprint density at radius 2 is 2.08 bits per heavy atom. The molecule has 1 atom stereocenters. The minimum absolute atomic E-state index is 0.543. The molecule has 0 aliphatic carbocycles. The minimum atomic E-state index is -3.03. The topological polar surface area (TPSA) is 26.3 Å². The molecule has 1 rings (SSSR count). The zero-order valence-corrected chi connectivity index (χ0v) is 9.61. The molecular weight excluding hydrogens is 227 g/mol. The molecule has 1 aromatic carbocycles. The van der Waals surface area contributed by atoms with Crippen molar-refractivity contribution < 1.29 is 9.09 Å². The Labute approximate surface area is 86.6 Å². The second-order valence-corrected chi connectivity index (χ2v) is 8.29. The van der Waals surface area contributed by atoms with E-state index >= 15 is 0 Å². The number of benzene rings is 1. The summed E-state index contributed by atoms with van der Waals surface area (Å²) in [7, 11) is 0. The second-order valence-electron chi connectivity index (χ2n) is 2.25. The molecule has 1 aromatic rings. The normalized spacial score (nSPS) is 14.9. The third-order valence-electron chi connectivity index (χ3n) is 1.24. The van der Waals surface area contributed by atoms with E-state index in [-0.39, 0.29) is 0 Å². The summed E-state index contributed by atoms with van der Waals surface area (Å²) >= 11 is 6.79. The van der Waals surface area contributed by atoms with Crippen LogP contribution in [0.2, 0.25) is 0 Å². The van der Waals surface area contributed by atoms with Crippen LogP contribution in [0.4, 0.5) is 0 Å². The maximum atomic E-state index is 11.5. The molecule has 0 spiro atoms. The van der Waals surface area contributed by atoms with Gasteiger partial charge in [0, 0.05) is 5.75 Å². The Hall–Kier alpha value is -0.110. The van der Waals surface area contributed by atoms with E-state index in [1.807, 2.05) is 25.1 Å². The first kappa shape index (κ1) is 11.0. The van der Waals surface area contributed by atoms with Crippen LogP contribution in [0.5, 0.6) is 5.75 Å². The minimum Gasteiger partial charge on any atom is -0.426 e. The van der Waals surface area contributed by atoms with Crippen molar-refractivity contribution in [1.29, 1.82) is 0 Å². The Kier molecular flexibility index (Phi) is 4.17. The molecule has 0 saturated carbocycles. The largest absolute Gasteiger partial charge is 0.426 e. The average molecular weight is 237 g/mol. The smallest absolute Gasteiger partial charge is 0.393 e. The van der Waals surface area contributed by atoms with Gasteiger partial charge in [-0.3, -0.25) is 0 Å². The molecule has 0 aromatic heterocycles. The molecule has 5 heteroatoms. The van der Waals surface area contributed by atoms with E-state index in [1.54, 1.807) is 12.1 Å². The van der Waals surface area contributed by atoms with Crippen molar-refractivity contribution in [3.05, 3.63) is 30.3 Å². The average Bonchev–Trinajstić information content (AvgIpc) is 2.04. The van der Waals surface area contributed by atoms with Crippen molar-refractivity contribution in [2.45, 2.75) is 6.92 Å². The van der Waals surface area contributed by atoms with Gasteiger partial charge in [0.2, 0.25) is 0 Å². The Morgan fingerprint density at radius 1 is 1.46 bits per heavy atom. The van der Waals surface area contributed by atoms with Crippen molar-refractivity contribution in [2.75, 3.05) is 5.75 Å². The van der Waals surface area contributed by atoms with Crippen LogP contribution in [0.15, 0.2) is 30.3 Å². The molecule has 0 saturated heterocycles. The SMILES string of the molecule is CCSP(=O)(Cl)Oc1ccccc1. The van der Waals surface area contributed by atoms with Gasteiger partial charge in [-0.1, -0.05) is 25.1 Å². The van der Waals surface area contributed by atoms with Crippen LogP contribution < -0.4 is 4.52 Å². The number of para-hydroxylation sites is 1. The first-order valence-corrected chi connectivity index (χ1v) is 7.95. The fourth-order valence-electron chi connectivity index (χ4n) is 0.788. The van der Waals surface area contributed by atoms with Crippen LogP contribution in [0.3, 0.4) is 0 Å². The van der Waals surface area contributed by atoms with E-state index < -0.39 is 5.92 Å². The van der Waals surface area contributed by atoms with Gasteiger partial charge >= 0.3 is 5.92 Å². The summed E-state index contributed by atoms with van der Waals surface area (Å²) in [6, 6.07) is 8.93. The number of halogens is 1. The maximum Gasteiger partial charge on any atom is 0.393 e. The molecule has 0 heterocycles. The highest BCUT2D eigenvalue weighted by molar-refractivity contribution is 8.63. The van der Waals surface area contributed by atoms with E-state index in [1.165, 1.54) is 0 Å². The van der Waals surface area contributed by atoms with Gasteiger partial charge in [-0.15, -0.1) is 0 Å². The molecule has 0 radical (unpaired) electrons. The van der Waals surface area contributed by atoms with Gasteiger partial charge in [-0.2, -0.15) is 0 Å². The van der Waals surface area contributed by atoms with Gasteiger partial charge < -0.3 is 4.52 Å². The van der Waals surface area contributed by atoms with Gasteiger partial charge in [0.05, 0.1) is 0 Å². The fourth-order valence-corrected chi connectivity index (χ4v) is 3.98. The molecule has 72 valence electrons. The lowest BCUT2D eigenvalue weighted by molar-refractivity contribution is 0.514. The summed E-state index contributed by atoms with van der Waals surface area (Å²) in [4.78, 5) is 0. The first-order valence-electron chi connectivity index (χ1n) is 3.83. The first-order chi connectivity index (χ1) is 6.14. The number of rotatable bonds is 4. The molecule has 0 aliphatic rings. The third-order valence-corrected chi connectivity index (χ3v) is 5.25. The van der Waals surface area contributed by atoms with E-state index in [0.29, 0.717) is 11.5 Å². The predicted octanol–water partition coefficient (Wildman–Crippen LogP) is 4.17. The summed E-state index contributed by atoms with van der Waals surface area (Å²) < 4.78 is 16.6. The van der Waals surface area contributed by atoms with Gasteiger partial charge in [0.25, 0.3) is 0 Å². The van der Waals surface area contributed by atoms with Crippen LogP contribution in [-0.4, -0.2) is 5.75 Å². The molecule has 0 aliphatic heterocycles. The molecule has 0 fully saturated rings. The lowest BCUT2D eigenvalue weighted by Crippen LogP contribution is -1.83. The van der Waals surface area contributed by atoms with Gasteiger partial charge in [0.15, 0.2) is 0 Å². The lowest BCUT2D eigenvalue weighted by atomic mass is 10.3. The van der Waals surface area contributed by atoms with Gasteiger partial charge in [-0.05, 0) is 34.8 Å². The zero-order chi connectivity index (χ0) is 9.73. The van der Waals surface area contributed by atoms with E-state index in [2.05, 4.69) is 0 Å². The highest BCUT2D eigenvalue weighted by Gasteiger charge is 2.20. The van der Waals surface area contributed by atoms with E-state index in [0.717, 1.165) is 11.4 Å². The maximum absolute atomic E-state index is 11.5. The van der Waals surface area contributed by atoms with Crippen molar-refractivity contribution >= 4 is 28.5 Å². The molecule has 1 unspecified atom stereocenters. The fraction of sp³-hybridized carbons (Fsp3) is 0.250. The highest BCUT2D eigenvalue weighted by atomic mass is 35.7. The van der Waals surface area contributed by atoms with Crippen LogP contribution >= 0.6 is 28.5 Å². The van der Waals surface area contributed by atoms with E-state index in [4.69, 9.17) is 15.8 Å². The van der Waals surface area contributed by atoms with E-state index in [9.17, 15) is 4.57 Å². The quantitative estimate of drug-likeness (QED) is 0.734. The third kappa shape index (κ3) is 4.08. The summed E-state index contributed by atoms with van der Waals surface area (Å²) in [5.74, 6) is -1.81. The van der Waals surface area contributed by atoms with Crippen LogP contribution in [0.1, 0.15) is 6.92 Å². The van der Waals surface area contributed by atoms with Gasteiger partial charge in [-0.25, -0.2) is 4.57 Å². The second kappa shape index (κ2) is 4.94. The summed E-state index contributed by atoms with van der Waals surface area (Å²) in [5, 5.41) is 0. The molecule has 0 amide bonds.